The first-order valence-electron chi connectivity index (χ1n) is 9.03. The van der Waals surface area contributed by atoms with E-state index in [1.54, 1.807) is 6.33 Å². The Kier molecular flexibility index (Phi) is 3.51. The summed E-state index contributed by atoms with van der Waals surface area (Å²) in [6.45, 7) is 4.17. The van der Waals surface area contributed by atoms with Gasteiger partial charge in [-0.05, 0) is 31.8 Å². The van der Waals surface area contributed by atoms with Gasteiger partial charge in [-0.25, -0.2) is 9.97 Å². The Morgan fingerprint density at radius 2 is 1.88 bits per heavy atom. The van der Waals surface area contributed by atoms with Crippen molar-refractivity contribution in [2.24, 2.45) is 11.7 Å². The molecule has 1 aromatic carbocycles. The lowest BCUT2D eigenvalue weighted by atomic mass is 9.75. The highest BCUT2D eigenvalue weighted by Crippen LogP contribution is 2.43. The molecule has 6 nitrogen and oxygen atoms in total. The number of rotatable bonds is 2. The highest BCUT2D eigenvalue weighted by atomic mass is 16.6. The first-order valence-corrected chi connectivity index (χ1v) is 9.03. The number of hydrogen-bond acceptors (Lipinski definition) is 6. The van der Waals surface area contributed by atoms with Crippen molar-refractivity contribution in [2.75, 3.05) is 31.1 Å². The zero-order valence-electron chi connectivity index (χ0n) is 14.2. The third-order valence-electron chi connectivity index (χ3n) is 5.94. The third-order valence-corrected chi connectivity index (χ3v) is 5.94. The molecule has 0 radical (unpaired) electrons. The molecule has 6 heteroatoms. The maximum absolute atomic E-state index is 6.36. The molecular weight excluding hydrogens is 314 g/mol. The van der Waals surface area contributed by atoms with E-state index >= 15 is 0 Å². The molecule has 0 aliphatic carbocycles. The Labute approximate surface area is 147 Å². The van der Waals surface area contributed by atoms with E-state index in [-0.39, 0.29) is 5.60 Å². The highest BCUT2D eigenvalue weighted by Gasteiger charge is 2.54. The van der Waals surface area contributed by atoms with Crippen LogP contribution in [0.4, 0.5) is 5.82 Å². The minimum Gasteiger partial charge on any atom is -0.335 e. The molecule has 2 aromatic rings. The molecule has 0 amide bonds. The first kappa shape index (κ1) is 15.3. The van der Waals surface area contributed by atoms with Crippen LogP contribution >= 0.6 is 0 Å². The lowest BCUT2D eigenvalue weighted by molar-refractivity contribution is -0.137. The van der Waals surface area contributed by atoms with Crippen molar-refractivity contribution < 1.29 is 4.74 Å². The van der Waals surface area contributed by atoms with Crippen molar-refractivity contribution in [1.82, 2.24) is 14.9 Å². The molecule has 2 unspecified atom stereocenters. The monoisotopic (exact) mass is 337 g/mol. The van der Waals surface area contributed by atoms with E-state index in [2.05, 4.69) is 31.9 Å². The van der Waals surface area contributed by atoms with Gasteiger partial charge in [0.2, 0.25) is 0 Å². The summed E-state index contributed by atoms with van der Waals surface area (Å²) in [6.07, 6.45) is 3.59. The van der Waals surface area contributed by atoms with Crippen molar-refractivity contribution in [3.05, 3.63) is 42.7 Å². The van der Waals surface area contributed by atoms with Gasteiger partial charge in [0.25, 0.3) is 0 Å². The second-order valence-corrected chi connectivity index (χ2v) is 7.38. The number of piperidine rings is 3. The summed E-state index contributed by atoms with van der Waals surface area (Å²) in [7, 11) is 0. The minimum absolute atomic E-state index is 0.145. The number of nitrogens with two attached hydrogens (primary N) is 1. The fourth-order valence-corrected chi connectivity index (χ4v) is 4.64. The summed E-state index contributed by atoms with van der Waals surface area (Å²) >= 11 is 0. The van der Waals surface area contributed by atoms with Crippen LogP contribution in [-0.4, -0.2) is 53.0 Å². The molecule has 4 saturated heterocycles. The molecule has 1 aromatic heterocycles. The maximum Gasteiger partial charge on any atom is 0.186 e. The van der Waals surface area contributed by atoms with Gasteiger partial charge < -0.3 is 14.5 Å². The van der Waals surface area contributed by atoms with Crippen LogP contribution in [0.1, 0.15) is 12.8 Å². The Bertz CT molecular complexity index is 761. The summed E-state index contributed by atoms with van der Waals surface area (Å²) in [5, 5.41) is 0. The maximum atomic E-state index is 6.36. The number of benzene rings is 1. The standard InChI is InChI=1S/C19H23N5O/c20-18-24(12-19(25-18)11-23-8-6-15(19)7-9-23)17-10-16(21-13-22-17)14-4-2-1-3-5-14/h1-5,10,13,15,18H,6-9,11-12,20H2. The van der Waals surface area contributed by atoms with Crippen LogP contribution in [0.2, 0.25) is 0 Å². The highest BCUT2D eigenvalue weighted by molar-refractivity contribution is 5.62. The van der Waals surface area contributed by atoms with Crippen molar-refractivity contribution >= 4 is 5.82 Å². The Morgan fingerprint density at radius 3 is 2.60 bits per heavy atom. The van der Waals surface area contributed by atoms with E-state index in [0.29, 0.717) is 5.92 Å². The molecule has 5 heterocycles. The topological polar surface area (TPSA) is 67.5 Å². The van der Waals surface area contributed by atoms with Crippen LogP contribution in [-0.2, 0) is 4.74 Å². The van der Waals surface area contributed by atoms with Crippen molar-refractivity contribution in [1.29, 1.82) is 0 Å². The zero-order valence-corrected chi connectivity index (χ0v) is 14.2. The molecule has 4 aliphatic heterocycles. The fourth-order valence-electron chi connectivity index (χ4n) is 4.64. The molecule has 0 saturated carbocycles. The summed E-state index contributed by atoms with van der Waals surface area (Å²) in [5.41, 5.74) is 8.21. The first-order chi connectivity index (χ1) is 12.2. The number of nitrogens with zero attached hydrogens (tertiary/aromatic N) is 4. The molecule has 4 fully saturated rings. The van der Waals surface area contributed by atoms with Crippen LogP contribution in [0.5, 0.6) is 0 Å². The normalized spacial score (nSPS) is 34.0. The molecule has 2 atom stereocenters. The van der Waals surface area contributed by atoms with Gasteiger partial charge in [0, 0.05) is 18.2 Å². The Hall–Kier alpha value is -2.02. The number of hydrogen-bond donors (Lipinski definition) is 1. The van der Waals surface area contributed by atoms with Crippen LogP contribution in [0.3, 0.4) is 0 Å². The van der Waals surface area contributed by atoms with Crippen LogP contribution < -0.4 is 10.6 Å². The summed E-state index contributed by atoms with van der Waals surface area (Å²) in [4.78, 5) is 13.5. The van der Waals surface area contributed by atoms with E-state index < -0.39 is 6.35 Å². The van der Waals surface area contributed by atoms with Gasteiger partial charge in [-0.1, -0.05) is 30.3 Å². The molecule has 25 heavy (non-hydrogen) atoms. The number of fused-ring (bicyclic) bond motifs is 2. The zero-order chi connectivity index (χ0) is 16.9. The van der Waals surface area contributed by atoms with Crippen molar-refractivity contribution in [3.63, 3.8) is 0 Å². The minimum atomic E-state index is -0.445. The molecule has 1 spiro atoms. The van der Waals surface area contributed by atoms with Crippen LogP contribution in [0, 0.1) is 5.92 Å². The summed E-state index contributed by atoms with van der Waals surface area (Å²) in [6, 6.07) is 12.2. The second-order valence-electron chi connectivity index (χ2n) is 7.38. The lowest BCUT2D eigenvalue weighted by Crippen LogP contribution is -2.61. The van der Waals surface area contributed by atoms with Gasteiger partial charge in [-0.3, -0.25) is 5.73 Å². The SMILES string of the molecule is NC1OC2(CN3CCC2CC3)CN1c1cc(-c2ccccc2)ncn1. The van der Waals surface area contributed by atoms with E-state index in [9.17, 15) is 0 Å². The molecule has 130 valence electrons. The largest absolute Gasteiger partial charge is 0.335 e. The van der Waals surface area contributed by atoms with E-state index in [4.69, 9.17) is 10.5 Å². The molecule has 6 rings (SSSR count). The van der Waals surface area contributed by atoms with Gasteiger partial charge in [0.1, 0.15) is 17.7 Å². The van der Waals surface area contributed by atoms with Crippen LogP contribution in [0.25, 0.3) is 11.3 Å². The number of aromatic nitrogens is 2. The van der Waals surface area contributed by atoms with E-state index in [1.807, 2.05) is 24.3 Å². The molecule has 2 bridgehead atoms. The summed E-state index contributed by atoms with van der Waals surface area (Å²) < 4.78 is 6.34. The van der Waals surface area contributed by atoms with Crippen LogP contribution in [0.15, 0.2) is 42.7 Å². The van der Waals surface area contributed by atoms with Gasteiger partial charge in [-0.15, -0.1) is 0 Å². The number of anilines is 1. The average Bonchev–Trinajstić information content (AvgIpc) is 2.99. The van der Waals surface area contributed by atoms with Gasteiger partial charge in [0.15, 0.2) is 6.35 Å². The van der Waals surface area contributed by atoms with E-state index in [0.717, 1.165) is 30.2 Å². The molecule has 4 aliphatic rings. The molecular formula is C19H23N5O. The quantitative estimate of drug-likeness (QED) is 0.899. The number of ether oxygens (including phenoxy) is 1. The summed E-state index contributed by atoms with van der Waals surface area (Å²) in [5.74, 6) is 1.44. The Morgan fingerprint density at radius 1 is 1.08 bits per heavy atom. The average molecular weight is 337 g/mol. The van der Waals surface area contributed by atoms with Crippen molar-refractivity contribution in [3.8, 4) is 11.3 Å². The lowest BCUT2D eigenvalue weighted by Gasteiger charge is -2.50. The van der Waals surface area contributed by atoms with Gasteiger partial charge in [-0.2, -0.15) is 0 Å². The predicted molar refractivity (Wildman–Crippen MR) is 95.8 cm³/mol. The fraction of sp³-hybridized carbons (Fsp3) is 0.474. The van der Waals surface area contributed by atoms with E-state index in [1.165, 1.54) is 25.9 Å². The second kappa shape index (κ2) is 5.76. The smallest absolute Gasteiger partial charge is 0.186 e. The predicted octanol–water partition coefficient (Wildman–Crippen LogP) is 1.69. The van der Waals surface area contributed by atoms with Gasteiger partial charge >= 0.3 is 0 Å². The van der Waals surface area contributed by atoms with Gasteiger partial charge in [0.05, 0.1) is 12.2 Å². The molecule has 2 N–H and O–H groups in total. The third kappa shape index (κ3) is 2.52. The van der Waals surface area contributed by atoms with Crippen molar-refractivity contribution in [2.45, 2.75) is 24.8 Å². The Balaban J connectivity index is 1.44.